The predicted octanol–water partition coefficient (Wildman–Crippen LogP) is 6.13. The molecule has 0 unspecified atom stereocenters. The quantitative estimate of drug-likeness (QED) is 0.222. The third kappa shape index (κ3) is 5.59. The van der Waals surface area contributed by atoms with E-state index in [9.17, 15) is 9.18 Å². The van der Waals surface area contributed by atoms with Gasteiger partial charge in [-0.15, -0.1) is 5.10 Å². The van der Waals surface area contributed by atoms with Gasteiger partial charge >= 0.3 is 0 Å². The Morgan fingerprint density at radius 2 is 1.71 bits per heavy atom. The highest BCUT2D eigenvalue weighted by Gasteiger charge is 2.23. The predicted molar refractivity (Wildman–Crippen MR) is 150 cm³/mol. The van der Waals surface area contributed by atoms with Crippen LogP contribution in [0.2, 0.25) is 0 Å². The largest absolute Gasteiger partial charge is 0.491 e. The number of carbonyl (C=O) groups excluding carboxylic acids is 1. The normalized spacial score (nSPS) is 10.8. The van der Waals surface area contributed by atoms with Gasteiger partial charge in [-0.25, -0.2) is 13.8 Å². The first-order chi connectivity index (χ1) is 20.3. The lowest BCUT2D eigenvalue weighted by Crippen LogP contribution is -2.18. The smallest absolute Gasteiger partial charge is 0.280 e. The molecule has 3 aromatic heterocycles. The minimum atomic E-state index is -0.745. The summed E-state index contributed by atoms with van der Waals surface area (Å²) < 4.78 is 50.9. The van der Waals surface area contributed by atoms with Gasteiger partial charge in [0, 0.05) is 35.6 Å². The maximum Gasteiger partial charge on any atom is 0.280 e. The summed E-state index contributed by atoms with van der Waals surface area (Å²) in [6, 6.07) is 12.8. The molecule has 0 saturated carbocycles. The molecule has 10 nitrogen and oxygen atoms in total. The van der Waals surface area contributed by atoms with Crippen LogP contribution in [0.3, 0.4) is 0 Å². The number of rotatable bonds is 9. The van der Waals surface area contributed by atoms with E-state index >= 15 is 4.39 Å². The number of amides is 1. The summed E-state index contributed by atoms with van der Waals surface area (Å²) >= 11 is 0. The fourth-order valence-corrected chi connectivity index (χ4v) is 4.25. The van der Waals surface area contributed by atoms with Gasteiger partial charge in [-0.05, 0) is 43.7 Å². The zero-order valence-electron chi connectivity index (χ0n) is 23.1. The lowest BCUT2D eigenvalue weighted by molar-refractivity contribution is 0.101. The van der Waals surface area contributed by atoms with E-state index in [1.807, 2.05) is 0 Å². The summed E-state index contributed by atoms with van der Waals surface area (Å²) in [7, 11) is 2.93. The molecule has 3 heterocycles. The second-order valence-electron chi connectivity index (χ2n) is 8.86. The van der Waals surface area contributed by atoms with Crippen LogP contribution in [0.15, 0.2) is 60.8 Å². The Balaban J connectivity index is 1.42. The number of methoxy groups -OCH3 is 2. The van der Waals surface area contributed by atoms with Gasteiger partial charge < -0.3 is 24.3 Å². The van der Waals surface area contributed by atoms with E-state index in [1.54, 1.807) is 38.1 Å². The highest BCUT2D eigenvalue weighted by Crippen LogP contribution is 2.37. The number of aromatic nitrogens is 4. The molecule has 5 aromatic rings. The first-order valence-electron chi connectivity index (χ1n) is 12.7. The van der Waals surface area contributed by atoms with Gasteiger partial charge in [0.2, 0.25) is 0 Å². The van der Waals surface area contributed by atoms with Crippen LogP contribution in [0.5, 0.6) is 28.9 Å². The van der Waals surface area contributed by atoms with E-state index in [0.29, 0.717) is 33.6 Å². The van der Waals surface area contributed by atoms with Crippen molar-refractivity contribution in [2.45, 2.75) is 13.8 Å². The van der Waals surface area contributed by atoms with Crippen molar-refractivity contribution in [3.8, 4) is 40.0 Å². The summed E-state index contributed by atoms with van der Waals surface area (Å²) in [5.41, 5.74) is 2.41. The Hall–Kier alpha value is -5.39. The maximum atomic E-state index is 15.2. The molecular weight excluding hydrogens is 548 g/mol. The van der Waals surface area contributed by atoms with Gasteiger partial charge in [0.25, 0.3) is 11.8 Å². The standard InChI is InChI=1S/C30H25F2N5O5/c1-5-41-28-25(17-6-8-18(31)9-7-17)16(2)36-37-27(28)29(38)34-19-10-11-22(20(32)14-19)42-23-12-13-33-21-15-24(39-3)30(40-4)35-26(21)23/h6-15H,5H2,1-4H3,(H,34,38). The number of hydrogen-bond donors (Lipinski definition) is 1. The van der Waals surface area contributed by atoms with Crippen LogP contribution in [0, 0.1) is 18.6 Å². The monoisotopic (exact) mass is 573 g/mol. The molecule has 1 N–H and O–H groups in total. The molecule has 5 rings (SSSR count). The number of fused-ring (bicyclic) bond motifs is 1. The van der Waals surface area contributed by atoms with Gasteiger partial charge in [0.05, 0.1) is 32.0 Å². The number of benzene rings is 2. The van der Waals surface area contributed by atoms with Crippen LogP contribution in [-0.4, -0.2) is 46.9 Å². The molecule has 214 valence electrons. The number of nitrogens with zero attached hydrogens (tertiary/aromatic N) is 4. The average molecular weight is 574 g/mol. The second kappa shape index (κ2) is 12.0. The number of carbonyl (C=O) groups is 1. The molecule has 0 aliphatic carbocycles. The molecule has 0 spiro atoms. The third-order valence-corrected chi connectivity index (χ3v) is 6.17. The molecule has 0 bridgehead atoms. The number of pyridine rings is 2. The summed E-state index contributed by atoms with van der Waals surface area (Å²) in [5.74, 6) is -0.915. The Kier molecular flexibility index (Phi) is 8.05. The van der Waals surface area contributed by atoms with Crippen LogP contribution >= 0.6 is 0 Å². The van der Waals surface area contributed by atoms with E-state index in [1.165, 1.54) is 44.7 Å². The van der Waals surface area contributed by atoms with Gasteiger partial charge in [-0.2, -0.15) is 5.10 Å². The van der Waals surface area contributed by atoms with Gasteiger partial charge in [0.1, 0.15) is 11.3 Å². The number of ether oxygens (including phenoxy) is 4. The van der Waals surface area contributed by atoms with Crippen molar-refractivity contribution in [2.75, 3.05) is 26.1 Å². The van der Waals surface area contributed by atoms with Gasteiger partial charge in [-0.1, -0.05) is 12.1 Å². The topological polar surface area (TPSA) is 118 Å². The highest BCUT2D eigenvalue weighted by molar-refractivity contribution is 6.06. The lowest BCUT2D eigenvalue weighted by Gasteiger charge is -2.16. The molecule has 0 fully saturated rings. The third-order valence-electron chi connectivity index (χ3n) is 6.17. The van der Waals surface area contributed by atoms with Gasteiger partial charge in [0.15, 0.2) is 34.5 Å². The van der Waals surface area contributed by atoms with Crippen LogP contribution in [0.4, 0.5) is 14.5 Å². The Labute approximate surface area is 239 Å². The molecule has 2 aromatic carbocycles. The van der Waals surface area contributed by atoms with Crippen molar-refractivity contribution in [3.63, 3.8) is 0 Å². The Bertz CT molecular complexity index is 1780. The molecule has 0 atom stereocenters. The molecule has 0 saturated heterocycles. The summed E-state index contributed by atoms with van der Waals surface area (Å²) in [5, 5.41) is 10.8. The van der Waals surface area contributed by atoms with Crippen molar-refractivity contribution in [1.82, 2.24) is 20.2 Å². The fourth-order valence-electron chi connectivity index (χ4n) is 4.25. The van der Waals surface area contributed by atoms with Crippen molar-refractivity contribution >= 4 is 22.6 Å². The van der Waals surface area contributed by atoms with Crippen molar-refractivity contribution in [2.24, 2.45) is 0 Å². The SMILES string of the molecule is CCOc1c(C(=O)Nc2ccc(Oc3ccnc4cc(OC)c(OC)nc34)c(F)c2)nnc(C)c1-c1ccc(F)cc1. The summed E-state index contributed by atoms with van der Waals surface area (Å²) in [6.07, 6.45) is 1.50. The first kappa shape index (κ1) is 28.1. The number of hydrogen-bond acceptors (Lipinski definition) is 9. The van der Waals surface area contributed by atoms with Crippen molar-refractivity contribution in [3.05, 3.63) is 83.8 Å². The van der Waals surface area contributed by atoms with Crippen molar-refractivity contribution < 1.29 is 32.5 Å². The maximum absolute atomic E-state index is 15.2. The number of anilines is 1. The van der Waals surface area contributed by atoms with E-state index in [2.05, 4.69) is 25.5 Å². The molecule has 1 amide bonds. The number of aryl methyl sites for hydroxylation is 1. The van der Waals surface area contributed by atoms with Crippen molar-refractivity contribution in [1.29, 1.82) is 0 Å². The molecule has 0 aliphatic rings. The minimum absolute atomic E-state index is 0.110. The number of halogens is 2. The molecule has 42 heavy (non-hydrogen) atoms. The summed E-state index contributed by atoms with van der Waals surface area (Å²) in [4.78, 5) is 21.9. The zero-order chi connectivity index (χ0) is 29.8. The molecular formula is C30H25F2N5O5. The van der Waals surface area contributed by atoms with Crippen LogP contribution < -0.4 is 24.3 Å². The second-order valence-corrected chi connectivity index (χ2v) is 8.86. The lowest BCUT2D eigenvalue weighted by atomic mass is 10.0. The Morgan fingerprint density at radius 1 is 0.929 bits per heavy atom. The fraction of sp³-hybridized carbons (Fsp3) is 0.167. The van der Waals surface area contributed by atoms with E-state index in [0.717, 1.165) is 6.07 Å². The van der Waals surface area contributed by atoms with Crippen LogP contribution in [-0.2, 0) is 0 Å². The number of nitrogens with one attached hydrogen (secondary N) is 1. The summed E-state index contributed by atoms with van der Waals surface area (Å²) in [6.45, 7) is 3.70. The van der Waals surface area contributed by atoms with Crippen LogP contribution in [0.25, 0.3) is 22.2 Å². The van der Waals surface area contributed by atoms with Crippen LogP contribution in [0.1, 0.15) is 23.1 Å². The average Bonchev–Trinajstić information content (AvgIpc) is 2.99. The van der Waals surface area contributed by atoms with Gasteiger partial charge in [-0.3, -0.25) is 9.78 Å². The molecule has 12 heteroatoms. The Morgan fingerprint density at radius 3 is 2.40 bits per heavy atom. The molecule has 0 radical (unpaired) electrons. The minimum Gasteiger partial charge on any atom is -0.491 e. The van der Waals surface area contributed by atoms with E-state index in [-0.39, 0.29) is 41.1 Å². The molecule has 0 aliphatic heterocycles. The highest BCUT2D eigenvalue weighted by atomic mass is 19.1. The van der Waals surface area contributed by atoms with E-state index in [4.69, 9.17) is 18.9 Å². The zero-order valence-corrected chi connectivity index (χ0v) is 23.1. The first-order valence-corrected chi connectivity index (χ1v) is 12.7. The van der Waals surface area contributed by atoms with E-state index < -0.39 is 17.5 Å².